The van der Waals surface area contributed by atoms with Gasteiger partial charge < -0.3 is 10.4 Å². The average molecular weight is 337 g/mol. The van der Waals surface area contributed by atoms with Gasteiger partial charge in [0.1, 0.15) is 0 Å². The summed E-state index contributed by atoms with van der Waals surface area (Å²) in [5.41, 5.74) is 0. The maximum atomic E-state index is 12.8. The second-order valence-electron chi connectivity index (χ2n) is 6.51. The highest BCUT2D eigenvalue weighted by Crippen LogP contribution is 2.37. The van der Waals surface area contributed by atoms with Gasteiger partial charge in [0, 0.05) is 38.8 Å². The first-order chi connectivity index (χ1) is 10.9. The minimum atomic E-state index is -4.16. The second kappa shape index (κ2) is 8.30. The van der Waals surface area contributed by atoms with Gasteiger partial charge in [0.25, 0.3) is 0 Å². The number of β-amino-alcohol motifs (C(OH)–C–C–N with tert-alkyl or cyclic N) is 1. The van der Waals surface area contributed by atoms with E-state index in [2.05, 4.69) is 10.2 Å². The molecular weight excluding hydrogens is 311 g/mol. The third kappa shape index (κ3) is 5.93. The van der Waals surface area contributed by atoms with Crippen LogP contribution in [0.3, 0.4) is 0 Å². The summed E-state index contributed by atoms with van der Waals surface area (Å²) in [6, 6.07) is -0.362. The molecule has 1 saturated heterocycles. The van der Waals surface area contributed by atoms with Crippen LogP contribution in [0.2, 0.25) is 0 Å². The Morgan fingerprint density at radius 1 is 1.13 bits per heavy atom. The Morgan fingerprint density at radius 3 is 2.39 bits per heavy atom. The van der Waals surface area contributed by atoms with Gasteiger partial charge in [-0.15, -0.1) is 0 Å². The molecule has 2 rings (SSSR count). The molecule has 2 fully saturated rings. The molecule has 1 aliphatic heterocycles. The van der Waals surface area contributed by atoms with Crippen molar-refractivity contribution in [1.82, 2.24) is 15.1 Å². The lowest BCUT2D eigenvalue weighted by molar-refractivity contribution is -0.184. The van der Waals surface area contributed by atoms with Gasteiger partial charge in [0.05, 0.1) is 19.1 Å². The fourth-order valence-electron chi connectivity index (χ4n) is 3.41. The Bertz CT molecular complexity index is 385. The number of carbonyl (C=O) groups excluding carboxylic acids is 1. The minimum Gasteiger partial charge on any atom is -0.395 e. The summed E-state index contributed by atoms with van der Waals surface area (Å²) in [4.78, 5) is 16.2. The molecule has 0 aromatic carbocycles. The standard InChI is InChI=1S/C15H26F3N3O2/c16-15(17,18)12-2-1-3-13(10-12)19-14(23)11-21-6-4-20(5-7-21)8-9-22/h12-13,22H,1-11H2,(H,19,23)/t12-,13+/m1/s1. The van der Waals surface area contributed by atoms with E-state index in [1.807, 2.05) is 4.90 Å². The van der Waals surface area contributed by atoms with Crippen LogP contribution in [-0.2, 0) is 4.79 Å². The summed E-state index contributed by atoms with van der Waals surface area (Å²) in [6.45, 7) is 4.08. The van der Waals surface area contributed by atoms with Crippen molar-refractivity contribution in [3.8, 4) is 0 Å². The number of amides is 1. The SMILES string of the molecule is O=C(CN1CCN(CCO)CC1)N[C@H]1CCC[C@@H](C(F)(F)F)C1. The first-order valence-corrected chi connectivity index (χ1v) is 8.30. The number of rotatable bonds is 5. The number of carbonyl (C=O) groups is 1. The third-order valence-corrected chi connectivity index (χ3v) is 4.75. The Labute approximate surface area is 134 Å². The number of piperazine rings is 1. The number of aliphatic hydroxyl groups is 1. The molecule has 5 nitrogen and oxygen atoms in total. The lowest BCUT2D eigenvalue weighted by Gasteiger charge is -2.35. The van der Waals surface area contributed by atoms with E-state index in [9.17, 15) is 18.0 Å². The Balaban J connectivity index is 1.71. The monoisotopic (exact) mass is 337 g/mol. The van der Waals surface area contributed by atoms with Crippen molar-refractivity contribution in [2.24, 2.45) is 5.92 Å². The fourth-order valence-corrected chi connectivity index (χ4v) is 3.41. The second-order valence-corrected chi connectivity index (χ2v) is 6.51. The highest BCUT2D eigenvalue weighted by molar-refractivity contribution is 5.78. The molecule has 1 saturated carbocycles. The van der Waals surface area contributed by atoms with Crippen LogP contribution in [0.1, 0.15) is 25.7 Å². The summed E-state index contributed by atoms with van der Waals surface area (Å²) >= 11 is 0. The third-order valence-electron chi connectivity index (χ3n) is 4.75. The van der Waals surface area contributed by atoms with Crippen molar-refractivity contribution in [3.05, 3.63) is 0 Å². The van der Waals surface area contributed by atoms with E-state index in [0.717, 1.165) is 26.2 Å². The molecule has 1 heterocycles. The molecule has 0 unspecified atom stereocenters. The number of nitrogens with zero attached hydrogens (tertiary/aromatic N) is 2. The predicted octanol–water partition coefficient (Wildman–Crippen LogP) is 0.834. The molecule has 8 heteroatoms. The van der Waals surface area contributed by atoms with E-state index >= 15 is 0 Å². The summed E-state index contributed by atoms with van der Waals surface area (Å²) in [5.74, 6) is -1.47. The summed E-state index contributed by atoms with van der Waals surface area (Å²) in [5, 5.41) is 11.7. The molecular formula is C15H26F3N3O2. The van der Waals surface area contributed by atoms with Gasteiger partial charge in [-0.1, -0.05) is 6.42 Å². The predicted molar refractivity (Wildman–Crippen MR) is 79.9 cm³/mol. The average Bonchev–Trinajstić information content (AvgIpc) is 2.49. The van der Waals surface area contributed by atoms with Crippen LogP contribution >= 0.6 is 0 Å². The molecule has 0 spiro atoms. The van der Waals surface area contributed by atoms with Crippen molar-refractivity contribution in [2.45, 2.75) is 37.9 Å². The van der Waals surface area contributed by atoms with E-state index < -0.39 is 12.1 Å². The highest BCUT2D eigenvalue weighted by Gasteiger charge is 2.42. The maximum absolute atomic E-state index is 12.8. The van der Waals surface area contributed by atoms with Crippen molar-refractivity contribution in [2.75, 3.05) is 45.9 Å². The van der Waals surface area contributed by atoms with Crippen LogP contribution in [-0.4, -0.2) is 78.9 Å². The summed E-state index contributed by atoms with van der Waals surface area (Å²) < 4.78 is 38.3. The Kier molecular flexibility index (Phi) is 6.67. The molecule has 134 valence electrons. The number of halogens is 3. The zero-order valence-corrected chi connectivity index (χ0v) is 13.3. The summed E-state index contributed by atoms with van der Waals surface area (Å²) in [7, 11) is 0. The van der Waals surface area contributed by atoms with E-state index in [1.54, 1.807) is 0 Å². The quantitative estimate of drug-likeness (QED) is 0.780. The number of hydrogen-bond acceptors (Lipinski definition) is 4. The van der Waals surface area contributed by atoms with Crippen LogP contribution in [0.25, 0.3) is 0 Å². The first-order valence-electron chi connectivity index (χ1n) is 8.30. The van der Waals surface area contributed by atoms with Crippen LogP contribution in [0.15, 0.2) is 0 Å². The van der Waals surface area contributed by atoms with Gasteiger partial charge in [-0.05, 0) is 19.3 Å². The van der Waals surface area contributed by atoms with Crippen LogP contribution in [0.5, 0.6) is 0 Å². The zero-order chi connectivity index (χ0) is 16.9. The molecule has 23 heavy (non-hydrogen) atoms. The maximum Gasteiger partial charge on any atom is 0.391 e. The van der Waals surface area contributed by atoms with Crippen LogP contribution in [0, 0.1) is 5.92 Å². The number of hydrogen-bond donors (Lipinski definition) is 2. The number of alkyl halides is 3. The number of aliphatic hydroxyl groups excluding tert-OH is 1. The van der Waals surface area contributed by atoms with Gasteiger partial charge >= 0.3 is 6.18 Å². The van der Waals surface area contributed by atoms with Gasteiger partial charge in [-0.2, -0.15) is 13.2 Å². The normalized spacial score (nSPS) is 27.8. The minimum absolute atomic E-state index is 0.000478. The van der Waals surface area contributed by atoms with Gasteiger partial charge in [0.15, 0.2) is 0 Å². The fraction of sp³-hybridized carbons (Fsp3) is 0.933. The van der Waals surface area contributed by atoms with Crippen molar-refractivity contribution >= 4 is 5.91 Å². The van der Waals surface area contributed by atoms with Crippen LogP contribution in [0.4, 0.5) is 13.2 Å². The molecule has 2 aliphatic rings. The Morgan fingerprint density at radius 2 is 1.78 bits per heavy atom. The first kappa shape index (κ1) is 18.5. The zero-order valence-electron chi connectivity index (χ0n) is 13.3. The highest BCUT2D eigenvalue weighted by atomic mass is 19.4. The lowest BCUT2D eigenvalue weighted by atomic mass is 9.85. The lowest BCUT2D eigenvalue weighted by Crippen LogP contribution is -2.51. The molecule has 2 atom stereocenters. The number of nitrogens with one attached hydrogen (secondary N) is 1. The molecule has 1 amide bonds. The van der Waals surface area contributed by atoms with E-state index in [4.69, 9.17) is 5.11 Å². The smallest absolute Gasteiger partial charge is 0.391 e. The largest absolute Gasteiger partial charge is 0.395 e. The summed E-state index contributed by atoms with van der Waals surface area (Å²) in [6.07, 6.45) is -2.85. The van der Waals surface area contributed by atoms with Gasteiger partial charge in [-0.25, -0.2) is 0 Å². The van der Waals surface area contributed by atoms with Crippen LogP contribution < -0.4 is 5.32 Å². The molecule has 2 N–H and O–H groups in total. The Hall–Kier alpha value is -0.860. The van der Waals surface area contributed by atoms with E-state index in [0.29, 0.717) is 19.4 Å². The van der Waals surface area contributed by atoms with Crippen molar-refractivity contribution in [3.63, 3.8) is 0 Å². The molecule has 0 aromatic rings. The van der Waals surface area contributed by atoms with E-state index in [-0.39, 0.29) is 37.9 Å². The van der Waals surface area contributed by atoms with Crippen molar-refractivity contribution in [1.29, 1.82) is 0 Å². The molecule has 0 radical (unpaired) electrons. The molecule has 0 aromatic heterocycles. The topological polar surface area (TPSA) is 55.8 Å². The van der Waals surface area contributed by atoms with E-state index in [1.165, 1.54) is 0 Å². The van der Waals surface area contributed by atoms with Gasteiger partial charge in [0.2, 0.25) is 5.91 Å². The molecule has 0 bridgehead atoms. The van der Waals surface area contributed by atoms with Crippen molar-refractivity contribution < 1.29 is 23.1 Å². The molecule has 1 aliphatic carbocycles. The van der Waals surface area contributed by atoms with Gasteiger partial charge in [-0.3, -0.25) is 14.6 Å².